The average molecular weight is 342 g/mol. The SMILES string of the molecule is Cc1cc(CC(=O)NCC[C@H](c2ccc(F)cc2)c2ccco2)on1. The van der Waals surface area contributed by atoms with Crippen LogP contribution in [0.3, 0.4) is 0 Å². The van der Waals surface area contributed by atoms with Crippen LogP contribution in [0.15, 0.2) is 57.7 Å². The second kappa shape index (κ2) is 7.79. The molecule has 1 aromatic carbocycles. The van der Waals surface area contributed by atoms with Gasteiger partial charge >= 0.3 is 0 Å². The summed E-state index contributed by atoms with van der Waals surface area (Å²) < 4.78 is 23.7. The first-order valence-corrected chi connectivity index (χ1v) is 8.09. The molecule has 25 heavy (non-hydrogen) atoms. The van der Waals surface area contributed by atoms with Gasteiger partial charge in [0.2, 0.25) is 5.91 Å². The Bertz CT molecular complexity index is 810. The smallest absolute Gasteiger partial charge is 0.227 e. The Hall–Kier alpha value is -2.89. The molecule has 0 aliphatic heterocycles. The van der Waals surface area contributed by atoms with Gasteiger partial charge in [0.15, 0.2) is 0 Å². The molecule has 1 atom stereocenters. The summed E-state index contributed by atoms with van der Waals surface area (Å²) in [7, 11) is 0. The van der Waals surface area contributed by atoms with Crippen molar-refractivity contribution in [2.24, 2.45) is 0 Å². The maximum Gasteiger partial charge on any atom is 0.227 e. The van der Waals surface area contributed by atoms with Crippen molar-refractivity contribution < 1.29 is 18.1 Å². The van der Waals surface area contributed by atoms with Gasteiger partial charge in [-0.05, 0) is 43.2 Å². The van der Waals surface area contributed by atoms with Crippen LogP contribution in [0.5, 0.6) is 0 Å². The zero-order chi connectivity index (χ0) is 17.6. The van der Waals surface area contributed by atoms with E-state index in [-0.39, 0.29) is 24.1 Å². The number of rotatable bonds is 7. The average Bonchev–Trinajstić information content (AvgIpc) is 3.25. The fourth-order valence-corrected chi connectivity index (χ4v) is 2.73. The molecule has 3 aromatic rings. The van der Waals surface area contributed by atoms with Crippen LogP contribution in [0, 0.1) is 12.7 Å². The predicted octanol–water partition coefficient (Wildman–Crippen LogP) is 3.60. The van der Waals surface area contributed by atoms with Crippen molar-refractivity contribution in [3.8, 4) is 0 Å². The Morgan fingerprint density at radius 1 is 1.28 bits per heavy atom. The van der Waals surface area contributed by atoms with E-state index in [0.29, 0.717) is 18.7 Å². The van der Waals surface area contributed by atoms with Gasteiger partial charge in [0.05, 0.1) is 18.4 Å². The highest BCUT2D eigenvalue weighted by Gasteiger charge is 2.17. The molecule has 0 radical (unpaired) electrons. The van der Waals surface area contributed by atoms with Crippen LogP contribution >= 0.6 is 0 Å². The quantitative estimate of drug-likeness (QED) is 0.712. The first kappa shape index (κ1) is 17.0. The summed E-state index contributed by atoms with van der Waals surface area (Å²) in [6.07, 6.45) is 2.40. The van der Waals surface area contributed by atoms with Crippen LogP contribution in [0.4, 0.5) is 4.39 Å². The highest BCUT2D eigenvalue weighted by atomic mass is 19.1. The Labute approximate surface area is 144 Å². The van der Waals surface area contributed by atoms with Crippen molar-refractivity contribution >= 4 is 5.91 Å². The number of nitrogens with one attached hydrogen (secondary N) is 1. The highest BCUT2D eigenvalue weighted by molar-refractivity contribution is 5.77. The first-order valence-electron chi connectivity index (χ1n) is 8.09. The van der Waals surface area contributed by atoms with Crippen molar-refractivity contribution in [1.82, 2.24) is 10.5 Å². The van der Waals surface area contributed by atoms with E-state index < -0.39 is 0 Å². The largest absolute Gasteiger partial charge is 0.469 e. The molecule has 0 bridgehead atoms. The van der Waals surface area contributed by atoms with E-state index in [1.807, 2.05) is 19.1 Å². The number of carbonyl (C=O) groups excluding carboxylic acids is 1. The minimum atomic E-state index is -0.280. The normalized spacial score (nSPS) is 12.1. The molecule has 0 saturated heterocycles. The second-order valence-electron chi connectivity index (χ2n) is 5.87. The van der Waals surface area contributed by atoms with Crippen molar-refractivity contribution in [3.63, 3.8) is 0 Å². The van der Waals surface area contributed by atoms with Gasteiger partial charge < -0.3 is 14.3 Å². The number of amides is 1. The molecular weight excluding hydrogens is 323 g/mol. The van der Waals surface area contributed by atoms with E-state index in [4.69, 9.17) is 8.94 Å². The van der Waals surface area contributed by atoms with E-state index >= 15 is 0 Å². The van der Waals surface area contributed by atoms with Crippen molar-refractivity contribution in [1.29, 1.82) is 0 Å². The molecule has 0 aliphatic carbocycles. The molecule has 0 aliphatic rings. The Morgan fingerprint density at radius 3 is 2.72 bits per heavy atom. The van der Waals surface area contributed by atoms with Crippen LogP contribution in [0.25, 0.3) is 0 Å². The lowest BCUT2D eigenvalue weighted by Crippen LogP contribution is -2.27. The van der Waals surface area contributed by atoms with Crippen molar-refractivity contribution in [2.45, 2.75) is 25.7 Å². The third-order valence-electron chi connectivity index (χ3n) is 3.93. The molecule has 0 unspecified atom stereocenters. The van der Waals surface area contributed by atoms with Gasteiger partial charge in [-0.15, -0.1) is 0 Å². The van der Waals surface area contributed by atoms with Gasteiger partial charge in [-0.1, -0.05) is 17.3 Å². The molecule has 130 valence electrons. The topological polar surface area (TPSA) is 68.3 Å². The highest BCUT2D eigenvalue weighted by Crippen LogP contribution is 2.28. The van der Waals surface area contributed by atoms with Crippen LogP contribution in [-0.4, -0.2) is 17.6 Å². The number of aromatic nitrogens is 1. The predicted molar refractivity (Wildman–Crippen MR) is 89.5 cm³/mol. The lowest BCUT2D eigenvalue weighted by Gasteiger charge is -2.15. The number of furan rings is 1. The fourth-order valence-electron chi connectivity index (χ4n) is 2.73. The molecule has 6 heteroatoms. The van der Waals surface area contributed by atoms with Gasteiger partial charge in [0.25, 0.3) is 0 Å². The fraction of sp³-hybridized carbons (Fsp3) is 0.263. The monoisotopic (exact) mass is 342 g/mol. The summed E-state index contributed by atoms with van der Waals surface area (Å²) in [6.45, 7) is 2.27. The summed E-state index contributed by atoms with van der Waals surface area (Å²) in [6, 6.07) is 11.8. The molecule has 0 spiro atoms. The van der Waals surface area contributed by atoms with E-state index in [1.165, 1.54) is 12.1 Å². The molecule has 1 amide bonds. The summed E-state index contributed by atoms with van der Waals surface area (Å²) in [4.78, 5) is 12.0. The number of nitrogens with zero attached hydrogens (tertiary/aromatic N) is 1. The Kier molecular flexibility index (Phi) is 5.28. The summed E-state index contributed by atoms with van der Waals surface area (Å²) in [5, 5.41) is 6.63. The molecule has 2 heterocycles. The molecule has 2 aromatic heterocycles. The molecule has 3 rings (SSSR count). The van der Waals surface area contributed by atoms with Gasteiger partial charge in [-0.25, -0.2) is 4.39 Å². The summed E-state index contributed by atoms with van der Waals surface area (Å²) in [5.41, 5.74) is 1.69. The molecule has 5 nitrogen and oxygen atoms in total. The zero-order valence-electron chi connectivity index (χ0n) is 13.9. The van der Waals surface area contributed by atoms with Gasteiger partial charge in [0, 0.05) is 18.5 Å². The lowest BCUT2D eigenvalue weighted by molar-refractivity contribution is -0.120. The number of halogens is 1. The Balaban J connectivity index is 1.59. The van der Waals surface area contributed by atoms with Crippen molar-refractivity contribution in [3.05, 3.63) is 77.3 Å². The van der Waals surface area contributed by atoms with Crippen molar-refractivity contribution in [2.75, 3.05) is 6.54 Å². The second-order valence-corrected chi connectivity index (χ2v) is 5.87. The van der Waals surface area contributed by atoms with E-state index in [9.17, 15) is 9.18 Å². The molecule has 0 fully saturated rings. The first-order chi connectivity index (χ1) is 12.1. The van der Waals surface area contributed by atoms with Crippen LogP contribution in [-0.2, 0) is 11.2 Å². The number of hydrogen-bond donors (Lipinski definition) is 1. The number of carbonyl (C=O) groups is 1. The Morgan fingerprint density at radius 2 is 2.08 bits per heavy atom. The summed E-state index contributed by atoms with van der Waals surface area (Å²) >= 11 is 0. The number of aryl methyl sites for hydroxylation is 1. The van der Waals surface area contributed by atoms with E-state index in [0.717, 1.165) is 17.0 Å². The van der Waals surface area contributed by atoms with E-state index in [2.05, 4.69) is 10.5 Å². The zero-order valence-corrected chi connectivity index (χ0v) is 13.9. The third kappa shape index (κ3) is 4.56. The lowest BCUT2D eigenvalue weighted by atomic mass is 9.93. The molecule has 0 saturated carbocycles. The molecular formula is C19H19FN2O3. The van der Waals surface area contributed by atoms with Gasteiger partial charge in [0.1, 0.15) is 17.3 Å². The van der Waals surface area contributed by atoms with E-state index in [1.54, 1.807) is 24.5 Å². The minimum Gasteiger partial charge on any atom is -0.469 e. The third-order valence-corrected chi connectivity index (χ3v) is 3.93. The van der Waals surface area contributed by atoms with Crippen LogP contribution < -0.4 is 5.32 Å². The summed E-state index contributed by atoms with van der Waals surface area (Å²) in [5.74, 6) is 0.859. The molecule has 1 N–H and O–H groups in total. The van der Waals surface area contributed by atoms with Crippen LogP contribution in [0.1, 0.15) is 35.1 Å². The number of benzene rings is 1. The number of hydrogen-bond acceptors (Lipinski definition) is 4. The van der Waals surface area contributed by atoms with Crippen LogP contribution in [0.2, 0.25) is 0 Å². The van der Waals surface area contributed by atoms with Gasteiger partial charge in [-0.3, -0.25) is 4.79 Å². The maximum atomic E-state index is 13.2. The maximum absolute atomic E-state index is 13.2. The standard InChI is InChI=1S/C19H19FN2O3/c1-13-11-16(25-22-13)12-19(23)21-9-8-17(18-3-2-10-24-18)14-4-6-15(20)7-5-14/h2-7,10-11,17H,8-9,12H2,1H3,(H,21,23)/t17-/m1/s1. The van der Waals surface area contributed by atoms with Gasteiger partial charge in [-0.2, -0.15) is 0 Å². The minimum absolute atomic E-state index is 0.0524.